The maximum absolute atomic E-state index is 5.64. The molecule has 0 saturated carbocycles. The fraction of sp³-hybridized carbons (Fsp3) is 0.200. The lowest BCUT2D eigenvalue weighted by Gasteiger charge is -2.05. The number of ether oxygens (including phenoxy) is 2. The summed E-state index contributed by atoms with van der Waals surface area (Å²) in [6.07, 6.45) is 0. The molecule has 0 aliphatic carbocycles. The lowest BCUT2D eigenvalue weighted by molar-refractivity contribution is 0.342. The quantitative estimate of drug-likeness (QED) is 0.481. The summed E-state index contributed by atoms with van der Waals surface area (Å²) in [6.45, 7) is 0.563. The Balaban J connectivity index is 1.45. The number of hydrogen-bond donors (Lipinski definition) is 0. The molecule has 5 nitrogen and oxygen atoms in total. The molecule has 0 fully saturated rings. The minimum atomic E-state index is 0.557. The first-order chi connectivity index (χ1) is 10.8. The Hall–Kier alpha value is -1.99. The summed E-state index contributed by atoms with van der Waals surface area (Å²) < 4.78 is 16.3. The zero-order chi connectivity index (χ0) is 15.2. The molecule has 22 heavy (non-hydrogen) atoms. The molecule has 0 aliphatic rings. The van der Waals surface area contributed by atoms with Crippen LogP contribution in [0.1, 0.15) is 0 Å². The van der Waals surface area contributed by atoms with Crippen molar-refractivity contribution in [1.29, 1.82) is 0 Å². The number of methoxy groups -OCH3 is 1. The predicted molar refractivity (Wildman–Crippen MR) is 86.8 cm³/mol. The fourth-order valence-electron chi connectivity index (χ4n) is 1.73. The number of benzene rings is 1. The van der Waals surface area contributed by atoms with Gasteiger partial charge in [-0.25, -0.2) is 0 Å². The van der Waals surface area contributed by atoms with Crippen molar-refractivity contribution in [3.63, 3.8) is 0 Å². The third-order valence-electron chi connectivity index (χ3n) is 2.78. The third kappa shape index (κ3) is 3.80. The number of nitrogens with zero attached hydrogens (tertiary/aromatic N) is 2. The van der Waals surface area contributed by atoms with E-state index in [0.29, 0.717) is 17.7 Å². The van der Waals surface area contributed by atoms with Crippen LogP contribution in [0.4, 0.5) is 0 Å². The summed E-state index contributed by atoms with van der Waals surface area (Å²) in [5.74, 6) is 2.92. The highest BCUT2D eigenvalue weighted by Gasteiger charge is 2.09. The van der Waals surface area contributed by atoms with Crippen LogP contribution in [0, 0.1) is 0 Å². The largest absolute Gasteiger partial charge is 0.497 e. The second-order valence-electron chi connectivity index (χ2n) is 4.22. The van der Waals surface area contributed by atoms with Gasteiger partial charge in [0, 0.05) is 5.75 Å². The molecule has 3 rings (SSSR count). The standard InChI is InChI=1S/C15H14N2O3S2/c1-18-11-4-6-12(7-5-11)19-8-10-22-15-17-16-14(20-15)13-3-2-9-21-13/h2-7,9H,8,10H2,1H3. The highest BCUT2D eigenvalue weighted by molar-refractivity contribution is 7.99. The van der Waals surface area contributed by atoms with E-state index < -0.39 is 0 Å². The van der Waals surface area contributed by atoms with Crippen molar-refractivity contribution in [3.8, 4) is 22.3 Å². The zero-order valence-electron chi connectivity index (χ0n) is 11.9. The Bertz CT molecular complexity index is 696. The molecule has 0 bridgehead atoms. The van der Waals surface area contributed by atoms with Crippen LogP contribution in [-0.2, 0) is 0 Å². The van der Waals surface area contributed by atoms with E-state index in [1.54, 1.807) is 18.4 Å². The van der Waals surface area contributed by atoms with Gasteiger partial charge in [0.15, 0.2) is 0 Å². The monoisotopic (exact) mass is 334 g/mol. The topological polar surface area (TPSA) is 57.4 Å². The molecule has 2 aromatic heterocycles. The molecule has 7 heteroatoms. The number of rotatable bonds is 7. The molecular formula is C15H14N2O3S2. The van der Waals surface area contributed by atoms with Gasteiger partial charge in [-0.1, -0.05) is 17.8 Å². The van der Waals surface area contributed by atoms with Gasteiger partial charge in [-0.15, -0.1) is 21.5 Å². The average molecular weight is 334 g/mol. The van der Waals surface area contributed by atoms with Crippen molar-refractivity contribution in [3.05, 3.63) is 41.8 Å². The zero-order valence-corrected chi connectivity index (χ0v) is 13.5. The normalized spacial score (nSPS) is 10.6. The number of hydrogen-bond acceptors (Lipinski definition) is 7. The third-order valence-corrected chi connectivity index (χ3v) is 4.42. The SMILES string of the molecule is COc1ccc(OCCSc2nnc(-c3cccs3)o2)cc1. The van der Waals surface area contributed by atoms with E-state index in [1.807, 2.05) is 41.8 Å². The Labute approximate surface area is 136 Å². The molecule has 114 valence electrons. The maximum Gasteiger partial charge on any atom is 0.277 e. The summed E-state index contributed by atoms with van der Waals surface area (Å²) >= 11 is 3.06. The molecule has 0 aliphatic heterocycles. The fourth-order valence-corrected chi connectivity index (χ4v) is 2.95. The van der Waals surface area contributed by atoms with Crippen molar-refractivity contribution < 1.29 is 13.9 Å². The van der Waals surface area contributed by atoms with Crippen LogP contribution in [0.2, 0.25) is 0 Å². The minimum Gasteiger partial charge on any atom is -0.497 e. The molecule has 0 radical (unpaired) electrons. The van der Waals surface area contributed by atoms with E-state index in [1.165, 1.54) is 11.8 Å². The first-order valence-electron chi connectivity index (χ1n) is 6.62. The number of aromatic nitrogens is 2. The van der Waals surface area contributed by atoms with Crippen molar-refractivity contribution >= 4 is 23.1 Å². The molecule has 0 unspecified atom stereocenters. The summed E-state index contributed by atoms with van der Waals surface area (Å²) in [5.41, 5.74) is 0. The van der Waals surface area contributed by atoms with Crippen molar-refractivity contribution in [2.75, 3.05) is 19.5 Å². The first kappa shape index (κ1) is 14.9. The summed E-state index contributed by atoms with van der Waals surface area (Å²) in [4.78, 5) is 0.980. The molecule has 0 N–H and O–H groups in total. The molecule has 1 aromatic carbocycles. The van der Waals surface area contributed by atoms with Gasteiger partial charge in [0.05, 0.1) is 18.6 Å². The molecule has 2 heterocycles. The van der Waals surface area contributed by atoms with Gasteiger partial charge in [-0.2, -0.15) is 0 Å². The van der Waals surface area contributed by atoms with Crippen LogP contribution in [-0.4, -0.2) is 29.7 Å². The van der Waals surface area contributed by atoms with Gasteiger partial charge in [0.25, 0.3) is 11.1 Å². The second-order valence-corrected chi connectivity index (χ2v) is 6.22. The molecular weight excluding hydrogens is 320 g/mol. The minimum absolute atomic E-state index is 0.557. The highest BCUT2D eigenvalue weighted by Crippen LogP contribution is 2.26. The smallest absolute Gasteiger partial charge is 0.277 e. The summed E-state index contributed by atoms with van der Waals surface area (Å²) in [7, 11) is 1.64. The van der Waals surface area contributed by atoms with Crippen LogP contribution in [0.15, 0.2) is 51.4 Å². The summed E-state index contributed by atoms with van der Waals surface area (Å²) in [5, 5.41) is 10.6. The van der Waals surface area contributed by atoms with Crippen LogP contribution in [0.25, 0.3) is 10.8 Å². The summed E-state index contributed by atoms with van der Waals surface area (Å²) in [6, 6.07) is 11.4. The van der Waals surface area contributed by atoms with Gasteiger partial charge >= 0.3 is 0 Å². The predicted octanol–water partition coefficient (Wildman–Crippen LogP) is 3.98. The van der Waals surface area contributed by atoms with E-state index in [0.717, 1.165) is 22.1 Å². The van der Waals surface area contributed by atoms with Gasteiger partial charge in [0.1, 0.15) is 11.5 Å². The van der Waals surface area contributed by atoms with Gasteiger partial charge in [0.2, 0.25) is 0 Å². The molecule has 0 spiro atoms. The number of thioether (sulfide) groups is 1. The van der Waals surface area contributed by atoms with Gasteiger partial charge in [-0.05, 0) is 35.7 Å². The molecule has 0 saturated heterocycles. The molecule has 3 aromatic rings. The van der Waals surface area contributed by atoms with Gasteiger partial charge < -0.3 is 13.9 Å². The van der Waals surface area contributed by atoms with Crippen molar-refractivity contribution in [2.45, 2.75) is 5.22 Å². The van der Waals surface area contributed by atoms with E-state index in [-0.39, 0.29) is 0 Å². The van der Waals surface area contributed by atoms with Gasteiger partial charge in [-0.3, -0.25) is 0 Å². The molecule has 0 amide bonds. The Morgan fingerprint density at radius 1 is 1.14 bits per heavy atom. The van der Waals surface area contributed by atoms with Crippen LogP contribution >= 0.6 is 23.1 Å². The Kier molecular flexibility index (Phi) is 4.97. The van der Waals surface area contributed by atoms with Crippen molar-refractivity contribution in [1.82, 2.24) is 10.2 Å². The first-order valence-corrected chi connectivity index (χ1v) is 8.49. The Morgan fingerprint density at radius 3 is 2.68 bits per heavy atom. The van der Waals surface area contributed by atoms with Crippen LogP contribution < -0.4 is 9.47 Å². The van der Waals surface area contributed by atoms with E-state index >= 15 is 0 Å². The maximum atomic E-state index is 5.64. The van der Waals surface area contributed by atoms with E-state index in [4.69, 9.17) is 13.9 Å². The number of thiophene rings is 1. The van der Waals surface area contributed by atoms with Crippen molar-refractivity contribution in [2.24, 2.45) is 0 Å². The van der Waals surface area contributed by atoms with Crippen LogP contribution in [0.5, 0.6) is 11.5 Å². The Morgan fingerprint density at radius 2 is 1.95 bits per heavy atom. The van der Waals surface area contributed by atoms with E-state index in [2.05, 4.69) is 10.2 Å². The van der Waals surface area contributed by atoms with E-state index in [9.17, 15) is 0 Å². The highest BCUT2D eigenvalue weighted by atomic mass is 32.2. The van der Waals surface area contributed by atoms with Crippen LogP contribution in [0.3, 0.4) is 0 Å². The molecule has 0 atom stereocenters. The average Bonchev–Trinajstić information content (AvgIpc) is 3.23. The second kappa shape index (κ2) is 7.33. The lowest BCUT2D eigenvalue weighted by atomic mass is 10.3. The lowest BCUT2D eigenvalue weighted by Crippen LogP contribution is -1.99.